The van der Waals surface area contributed by atoms with Crippen molar-refractivity contribution in [2.75, 3.05) is 26.2 Å². The third kappa shape index (κ3) is 4.47. The van der Waals surface area contributed by atoms with Crippen molar-refractivity contribution < 1.29 is 27.9 Å². The number of amides is 1. The molecule has 1 N–H and O–H groups in total. The molecule has 1 aliphatic heterocycles. The van der Waals surface area contributed by atoms with Crippen LogP contribution in [0.5, 0.6) is 0 Å². The molecule has 0 spiro atoms. The highest BCUT2D eigenvalue weighted by Crippen LogP contribution is 2.47. The molecule has 0 bridgehead atoms. The summed E-state index contributed by atoms with van der Waals surface area (Å²) in [6.07, 6.45) is 0.153. The zero-order valence-corrected chi connectivity index (χ0v) is 17.1. The molecule has 28 heavy (non-hydrogen) atoms. The predicted molar refractivity (Wildman–Crippen MR) is 101 cm³/mol. The first-order valence-corrected chi connectivity index (χ1v) is 10.7. The third-order valence-corrected chi connectivity index (χ3v) is 6.86. The van der Waals surface area contributed by atoms with E-state index in [4.69, 9.17) is 9.84 Å². The summed E-state index contributed by atoms with van der Waals surface area (Å²) in [4.78, 5) is 24.8. The van der Waals surface area contributed by atoms with E-state index in [9.17, 15) is 18.0 Å². The van der Waals surface area contributed by atoms with Crippen LogP contribution in [0, 0.1) is 5.92 Å². The van der Waals surface area contributed by atoms with Crippen molar-refractivity contribution >= 4 is 22.1 Å². The Hall–Kier alpha value is -2.13. The molecule has 1 saturated heterocycles. The van der Waals surface area contributed by atoms with Gasteiger partial charge in [0, 0.05) is 26.2 Å². The summed E-state index contributed by atoms with van der Waals surface area (Å²) in [6.45, 7) is 6.31. The van der Waals surface area contributed by atoms with Crippen molar-refractivity contribution in [1.82, 2.24) is 9.21 Å². The minimum atomic E-state index is -3.66. The largest absolute Gasteiger partial charge is 0.481 e. The number of ether oxygens (including phenoxy) is 1. The van der Waals surface area contributed by atoms with Crippen molar-refractivity contribution in [3.63, 3.8) is 0 Å². The SMILES string of the molecule is CC(C)(C)OC(=O)N1CCN(S(=O)(=O)c2ccc(C3CC3C(=O)O)cc2)CC1. The lowest BCUT2D eigenvalue weighted by Gasteiger charge is -2.35. The molecule has 1 amide bonds. The van der Waals surface area contributed by atoms with Gasteiger partial charge >= 0.3 is 12.1 Å². The van der Waals surface area contributed by atoms with Crippen LogP contribution in [-0.2, 0) is 19.6 Å². The molecule has 8 nitrogen and oxygen atoms in total. The Bertz CT molecular complexity index is 851. The van der Waals surface area contributed by atoms with Gasteiger partial charge in [-0.25, -0.2) is 13.2 Å². The number of carboxylic acids is 1. The number of carbonyl (C=O) groups excluding carboxylic acids is 1. The molecule has 1 aromatic rings. The quantitative estimate of drug-likeness (QED) is 0.815. The molecule has 0 aromatic heterocycles. The lowest BCUT2D eigenvalue weighted by molar-refractivity contribution is -0.138. The summed E-state index contributed by atoms with van der Waals surface area (Å²) in [5.74, 6) is -1.22. The fourth-order valence-corrected chi connectivity index (χ4v) is 4.73. The van der Waals surface area contributed by atoms with Crippen LogP contribution in [0.2, 0.25) is 0 Å². The third-order valence-electron chi connectivity index (χ3n) is 4.94. The normalized spacial score (nSPS) is 23.3. The molecule has 1 aliphatic carbocycles. The summed E-state index contributed by atoms with van der Waals surface area (Å²) < 4.78 is 32.4. The van der Waals surface area contributed by atoms with Crippen molar-refractivity contribution in [3.05, 3.63) is 29.8 Å². The maximum atomic E-state index is 12.9. The molecule has 2 atom stereocenters. The van der Waals surface area contributed by atoms with Gasteiger partial charge in [0.05, 0.1) is 10.8 Å². The minimum Gasteiger partial charge on any atom is -0.481 e. The fourth-order valence-electron chi connectivity index (χ4n) is 3.31. The van der Waals surface area contributed by atoms with Crippen LogP contribution in [-0.4, -0.2) is 66.6 Å². The van der Waals surface area contributed by atoms with Gasteiger partial charge in [-0.2, -0.15) is 4.31 Å². The van der Waals surface area contributed by atoms with Gasteiger partial charge in [0.15, 0.2) is 0 Å². The molecule has 1 saturated carbocycles. The fraction of sp³-hybridized carbons (Fsp3) is 0.579. The van der Waals surface area contributed by atoms with Gasteiger partial charge in [0.2, 0.25) is 10.0 Å². The van der Waals surface area contributed by atoms with Crippen LogP contribution >= 0.6 is 0 Å². The van der Waals surface area contributed by atoms with Gasteiger partial charge in [-0.15, -0.1) is 0 Å². The number of sulfonamides is 1. The highest BCUT2D eigenvalue weighted by Gasteiger charge is 2.44. The van der Waals surface area contributed by atoms with Gasteiger partial charge in [-0.05, 0) is 50.8 Å². The van der Waals surface area contributed by atoms with E-state index in [0.717, 1.165) is 5.56 Å². The number of carbonyl (C=O) groups is 2. The molecule has 3 rings (SSSR count). The average molecular weight is 410 g/mol. The number of hydrogen-bond donors (Lipinski definition) is 1. The number of nitrogens with zero attached hydrogens (tertiary/aromatic N) is 2. The van der Waals surface area contributed by atoms with Crippen molar-refractivity contribution in [2.45, 2.75) is 43.6 Å². The number of aliphatic carboxylic acids is 1. The second-order valence-electron chi connectivity index (χ2n) is 8.23. The number of benzene rings is 1. The van der Waals surface area contributed by atoms with E-state index in [-0.39, 0.29) is 42.9 Å². The van der Waals surface area contributed by atoms with E-state index in [1.54, 1.807) is 32.9 Å². The number of carboxylic acid groups (broad SMARTS) is 1. The second-order valence-corrected chi connectivity index (χ2v) is 10.2. The lowest BCUT2D eigenvalue weighted by Crippen LogP contribution is -2.51. The molecule has 154 valence electrons. The van der Waals surface area contributed by atoms with Crippen LogP contribution in [0.1, 0.15) is 38.7 Å². The monoisotopic (exact) mass is 410 g/mol. The van der Waals surface area contributed by atoms with E-state index in [0.29, 0.717) is 6.42 Å². The second kappa shape index (κ2) is 7.36. The molecular weight excluding hydrogens is 384 g/mol. The molecule has 2 fully saturated rings. The zero-order chi connectivity index (χ0) is 20.7. The number of piperazine rings is 1. The lowest BCUT2D eigenvalue weighted by atomic mass is 10.1. The first-order chi connectivity index (χ1) is 13.0. The Kier molecular flexibility index (Phi) is 5.42. The van der Waals surface area contributed by atoms with Crippen LogP contribution < -0.4 is 0 Å². The van der Waals surface area contributed by atoms with Crippen molar-refractivity contribution in [3.8, 4) is 0 Å². The van der Waals surface area contributed by atoms with Crippen LogP contribution in [0.4, 0.5) is 4.79 Å². The van der Waals surface area contributed by atoms with Gasteiger partial charge < -0.3 is 14.7 Å². The maximum absolute atomic E-state index is 12.9. The first kappa shape index (κ1) is 20.6. The number of rotatable bonds is 4. The highest BCUT2D eigenvalue weighted by atomic mass is 32.2. The van der Waals surface area contributed by atoms with E-state index in [2.05, 4.69) is 0 Å². The van der Waals surface area contributed by atoms with Gasteiger partial charge in [-0.3, -0.25) is 4.79 Å². The van der Waals surface area contributed by atoms with E-state index < -0.39 is 27.7 Å². The highest BCUT2D eigenvalue weighted by molar-refractivity contribution is 7.89. The summed E-state index contributed by atoms with van der Waals surface area (Å²) in [5, 5.41) is 9.02. The molecule has 2 aliphatic rings. The van der Waals surface area contributed by atoms with Crippen LogP contribution in [0.25, 0.3) is 0 Å². The Morgan fingerprint density at radius 2 is 1.64 bits per heavy atom. The Balaban J connectivity index is 1.61. The molecule has 1 aromatic carbocycles. The molecule has 0 radical (unpaired) electrons. The molecule has 9 heteroatoms. The van der Waals surface area contributed by atoms with Crippen LogP contribution in [0.3, 0.4) is 0 Å². The number of hydrogen-bond acceptors (Lipinski definition) is 5. The van der Waals surface area contributed by atoms with Crippen molar-refractivity contribution in [1.29, 1.82) is 0 Å². The Morgan fingerprint density at radius 1 is 1.07 bits per heavy atom. The Morgan fingerprint density at radius 3 is 2.11 bits per heavy atom. The Labute approximate surface area is 165 Å². The summed E-state index contributed by atoms with van der Waals surface area (Å²) in [5.41, 5.74) is 0.254. The van der Waals surface area contributed by atoms with Gasteiger partial charge in [0.25, 0.3) is 0 Å². The topological polar surface area (TPSA) is 104 Å². The standard InChI is InChI=1S/C19H26N2O6S/c1-19(2,3)27-18(24)20-8-10-21(11-9-20)28(25,26)14-6-4-13(5-7-14)15-12-16(15)17(22)23/h4-7,15-16H,8-12H2,1-3H3,(H,22,23). The summed E-state index contributed by atoms with van der Waals surface area (Å²) in [7, 11) is -3.66. The van der Waals surface area contributed by atoms with Gasteiger partial charge in [-0.1, -0.05) is 12.1 Å². The summed E-state index contributed by atoms with van der Waals surface area (Å²) >= 11 is 0. The minimum absolute atomic E-state index is 0.0355. The first-order valence-electron chi connectivity index (χ1n) is 9.30. The summed E-state index contributed by atoms with van der Waals surface area (Å²) in [6, 6.07) is 6.44. The van der Waals surface area contributed by atoms with E-state index in [1.165, 1.54) is 21.3 Å². The van der Waals surface area contributed by atoms with Gasteiger partial charge in [0.1, 0.15) is 5.60 Å². The smallest absolute Gasteiger partial charge is 0.410 e. The van der Waals surface area contributed by atoms with Crippen molar-refractivity contribution in [2.24, 2.45) is 5.92 Å². The van der Waals surface area contributed by atoms with Crippen LogP contribution in [0.15, 0.2) is 29.2 Å². The maximum Gasteiger partial charge on any atom is 0.410 e. The molecule has 2 unspecified atom stereocenters. The van der Waals surface area contributed by atoms with E-state index in [1.807, 2.05) is 0 Å². The molecular formula is C19H26N2O6S. The molecule has 1 heterocycles. The van der Waals surface area contributed by atoms with E-state index >= 15 is 0 Å². The zero-order valence-electron chi connectivity index (χ0n) is 16.3. The average Bonchev–Trinajstić information content (AvgIpc) is 3.41. The predicted octanol–water partition coefficient (Wildman–Crippen LogP) is 2.12.